The number of phenols is 1. The predicted molar refractivity (Wildman–Crippen MR) is 105 cm³/mol. The molecule has 5 heteroatoms. The average Bonchev–Trinajstić information content (AvgIpc) is 2.62. The minimum absolute atomic E-state index is 0.164. The highest BCUT2D eigenvalue weighted by Crippen LogP contribution is 2.30. The van der Waals surface area contributed by atoms with Gasteiger partial charge in [-0.2, -0.15) is 0 Å². The molecule has 1 aliphatic rings. The van der Waals surface area contributed by atoms with E-state index < -0.39 is 12.9 Å². The Balaban J connectivity index is 2.12. The fourth-order valence-electron chi connectivity index (χ4n) is 3.23. The van der Waals surface area contributed by atoms with E-state index in [0.717, 1.165) is 48.8 Å². The van der Waals surface area contributed by atoms with Crippen molar-refractivity contribution < 1.29 is 19.2 Å². The van der Waals surface area contributed by atoms with Crippen LogP contribution in [0.5, 0.6) is 5.75 Å². The van der Waals surface area contributed by atoms with Gasteiger partial charge in [0, 0.05) is 6.32 Å². The highest BCUT2D eigenvalue weighted by Gasteiger charge is 2.27. The number of benzene rings is 1. The fourth-order valence-corrected chi connectivity index (χ4v) is 3.23. The van der Waals surface area contributed by atoms with Gasteiger partial charge in [0.05, 0.1) is 6.10 Å². The van der Waals surface area contributed by atoms with E-state index in [0.29, 0.717) is 6.32 Å². The third kappa shape index (κ3) is 5.58. The molecule has 1 aromatic rings. The molecule has 0 amide bonds. The Morgan fingerprint density at radius 1 is 1.38 bits per heavy atom. The molecular formula is C21H28BFO3. The second-order valence-corrected chi connectivity index (χ2v) is 6.73. The highest BCUT2D eigenvalue weighted by molar-refractivity contribution is 6.43. The second-order valence-electron chi connectivity index (χ2n) is 6.73. The number of hydrogen-bond donors (Lipinski definition) is 2. The maximum atomic E-state index is 13.6. The van der Waals surface area contributed by atoms with Gasteiger partial charge in [-0.1, -0.05) is 56.2 Å². The van der Waals surface area contributed by atoms with Crippen molar-refractivity contribution in [3.05, 3.63) is 59.0 Å². The minimum atomic E-state index is -0.766. The first kappa shape index (κ1) is 20.5. The topological polar surface area (TPSA) is 49.7 Å². The molecule has 3 nitrogen and oxygen atoms in total. The van der Waals surface area contributed by atoms with Crippen molar-refractivity contribution in [1.29, 1.82) is 0 Å². The first-order valence-corrected chi connectivity index (χ1v) is 9.34. The zero-order valence-corrected chi connectivity index (χ0v) is 15.7. The highest BCUT2D eigenvalue weighted by atomic mass is 19.1. The van der Waals surface area contributed by atoms with E-state index >= 15 is 0 Å². The summed E-state index contributed by atoms with van der Waals surface area (Å²) in [6.45, 7) is 8.28. The Bertz CT molecular complexity index is 696. The largest absolute Gasteiger partial charge is 0.505 e. The predicted octanol–water partition coefficient (Wildman–Crippen LogP) is 5.27. The lowest BCUT2D eigenvalue weighted by Crippen LogP contribution is -2.31. The van der Waals surface area contributed by atoms with E-state index in [1.807, 2.05) is 12.2 Å². The van der Waals surface area contributed by atoms with E-state index in [1.54, 1.807) is 6.07 Å². The quantitative estimate of drug-likeness (QED) is 0.623. The van der Waals surface area contributed by atoms with E-state index in [9.17, 15) is 14.5 Å². The summed E-state index contributed by atoms with van der Waals surface area (Å²) in [5.74, 6) is -0.950. The van der Waals surface area contributed by atoms with Gasteiger partial charge in [-0.25, -0.2) is 4.39 Å². The summed E-state index contributed by atoms with van der Waals surface area (Å²) in [5.41, 5.74) is 4.07. The van der Waals surface area contributed by atoms with Crippen LogP contribution >= 0.6 is 0 Å². The maximum absolute atomic E-state index is 13.6. The third-order valence-corrected chi connectivity index (χ3v) is 4.68. The first-order valence-electron chi connectivity index (χ1n) is 9.34. The zero-order valence-electron chi connectivity index (χ0n) is 15.7. The average molecular weight is 358 g/mol. The monoisotopic (exact) mass is 358 g/mol. The van der Waals surface area contributed by atoms with E-state index in [1.165, 1.54) is 17.7 Å². The number of rotatable bonds is 8. The fraction of sp³-hybridized carbons (Fsp3) is 0.429. The SMILES string of the molecule is C=C(CC)C1=CCB(O)OC1CC/C(=C/c1ccc(O)c(F)c1)CCC. The van der Waals surface area contributed by atoms with Crippen LogP contribution in [-0.2, 0) is 4.65 Å². The van der Waals surface area contributed by atoms with Crippen LogP contribution in [0.4, 0.5) is 4.39 Å². The van der Waals surface area contributed by atoms with Gasteiger partial charge in [-0.3, -0.25) is 0 Å². The molecule has 2 rings (SSSR count). The summed E-state index contributed by atoms with van der Waals surface area (Å²) < 4.78 is 19.3. The Morgan fingerprint density at radius 2 is 2.15 bits per heavy atom. The van der Waals surface area contributed by atoms with Crippen LogP contribution in [0.2, 0.25) is 6.32 Å². The molecule has 26 heavy (non-hydrogen) atoms. The lowest BCUT2D eigenvalue weighted by molar-refractivity contribution is 0.182. The molecular weight excluding hydrogens is 330 g/mol. The summed E-state index contributed by atoms with van der Waals surface area (Å²) in [4.78, 5) is 0. The molecule has 0 bridgehead atoms. The third-order valence-electron chi connectivity index (χ3n) is 4.68. The molecule has 140 valence electrons. The first-order chi connectivity index (χ1) is 12.4. The summed E-state index contributed by atoms with van der Waals surface area (Å²) in [6, 6.07) is 4.42. The van der Waals surface area contributed by atoms with E-state index in [4.69, 9.17) is 4.65 Å². The van der Waals surface area contributed by atoms with Gasteiger partial charge in [0.15, 0.2) is 11.6 Å². The minimum Gasteiger partial charge on any atom is -0.505 e. The van der Waals surface area contributed by atoms with Crippen molar-refractivity contribution in [3.63, 3.8) is 0 Å². The number of hydrogen-bond acceptors (Lipinski definition) is 3. The zero-order chi connectivity index (χ0) is 19.1. The summed E-state index contributed by atoms with van der Waals surface area (Å²) in [6.07, 6.45) is 8.63. The lowest BCUT2D eigenvalue weighted by atomic mass is 9.77. The van der Waals surface area contributed by atoms with Crippen molar-refractivity contribution in [2.75, 3.05) is 0 Å². The normalized spacial score (nSPS) is 18.0. The number of phenolic OH excluding ortho intramolecular Hbond substituents is 1. The van der Waals surface area contributed by atoms with Gasteiger partial charge in [-0.05, 0) is 49.0 Å². The van der Waals surface area contributed by atoms with Crippen molar-refractivity contribution in [3.8, 4) is 5.75 Å². The van der Waals surface area contributed by atoms with Crippen LogP contribution in [-0.4, -0.2) is 23.4 Å². The molecule has 0 saturated heterocycles. The molecule has 0 saturated carbocycles. The van der Waals surface area contributed by atoms with Crippen molar-refractivity contribution in [2.24, 2.45) is 0 Å². The van der Waals surface area contributed by atoms with Crippen LogP contribution in [0, 0.1) is 5.82 Å². The Morgan fingerprint density at radius 3 is 2.81 bits per heavy atom. The molecule has 0 fully saturated rings. The van der Waals surface area contributed by atoms with E-state index in [-0.39, 0.29) is 11.9 Å². The number of halogens is 1. The standard InChI is InChI=1S/C21H28BFO3/c1-4-6-16(13-17-7-9-20(24)19(23)14-17)8-10-21-18(15(3)5-2)11-12-22(25)26-21/h7,9,11,13-14,21,24-25H,3-6,8,10,12H2,1-2H3/b16-13+. The molecule has 1 aliphatic heterocycles. The van der Waals surface area contributed by atoms with Gasteiger partial charge in [0.1, 0.15) is 0 Å². The van der Waals surface area contributed by atoms with Gasteiger partial charge in [0.25, 0.3) is 0 Å². The Hall–Kier alpha value is -1.85. The van der Waals surface area contributed by atoms with Crippen LogP contribution in [0.1, 0.15) is 51.5 Å². The molecule has 0 radical (unpaired) electrons. The van der Waals surface area contributed by atoms with Gasteiger partial charge >= 0.3 is 7.12 Å². The molecule has 0 spiro atoms. The van der Waals surface area contributed by atoms with Gasteiger partial charge in [0.2, 0.25) is 0 Å². The second kappa shape index (κ2) is 9.74. The molecule has 2 N–H and O–H groups in total. The van der Waals surface area contributed by atoms with Crippen molar-refractivity contribution >= 4 is 13.2 Å². The van der Waals surface area contributed by atoms with Gasteiger partial charge < -0.3 is 14.8 Å². The molecule has 0 aliphatic carbocycles. The Labute approximate surface area is 156 Å². The van der Waals surface area contributed by atoms with Crippen molar-refractivity contribution in [2.45, 2.75) is 58.4 Å². The molecule has 1 unspecified atom stereocenters. The molecule has 1 heterocycles. The van der Waals surface area contributed by atoms with Crippen LogP contribution < -0.4 is 0 Å². The van der Waals surface area contributed by atoms with Gasteiger partial charge in [-0.15, -0.1) is 0 Å². The smallest absolute Gasteiger partial charge is 0.458 e. The summed E-state index contributed by atoms with van der Waals surface area (Å²) >= 11 is 0. The lowest BCUT2D eigenvalue weighted by Gasteiger charge is -2.28. The van der Waals surface area contributed by atoms with Crippen LogP contribution in [0.3, 0.4) is 0 Å². The van der Waals surface area contributed by atoms with Crippen molar-refractivity contribution in [1.82, 2.24) is 0 Å². The molecule has 0 aromatic heterocycles. The van der Waals surface area contributed by atoms with Crippen LogP contribution in [0.25, 0.3) is 6.08 Å². The summed E-state index contributed by atoms with van der Waals surface area (Å²) in [5, 5.41) is 19.2. The molecule has 1 aromatic carbocycles. The van der Waals surface area contributed by atoms with E-state index in [2.05, 4.69) is 20.4 Å². The number of aromatic hydroxyl groups is 1. The number of allylic oxidation sites excluding steroid dienone is 2. The Kier molecular flexibility index (Phi) is 7.67. The molecule has 1 atom stereocenters. The van der Waals surface area contributed by atoms with Crippen LogP contribution in [0.15, 0.2) is 47.6 Å². The summed E-state index contributed by atoms with van der Waals surface area (Å²) in [7, 11) is -0.766. The maximum Gasteiger partial charge on any atom is 0.458 e.